The number of pyridine rings is 1. The minimum Gasteiger partial charge on any atom is -0.497 e. The highest BCUT2D eigenvalue weighted by Gasteiger charge is 2.32. The fourth-order valence-corrected chi connectivity index (χ4v) is 3.55. The van der Waals surface area contributed by atoms with Gasteiger partial charge in [-0.2, -0.15) is 0 Å². The number of methoxy groups -OCH3 is 1. The number of hydrogen-bond donors (Lipinski definition) is 0. The van der Waals surface area contributed by atoms with E-state index in [0.29, 0.717) is 12.3 Å². The molecule has 0 bridgehead atoms. The number of thioether (sulfide) groups is 1. The Kier molecular flexibility index (Phi) is 4.10. The van der Waals surface area contributed by atoms with Crippen LogP contribution in [-0.4, -0.2) is 28.7 Å². The first-order valence-corrected chi connectivity index (χ1v) is 7.77. The molecule has 5 heteroatoms. The molecule has 1 saturated heterocycles. The summed E-state index contributed by atoms with van der Waals surface area (Å²) in [7, 11) is 1.65. The van der Waals surface area contributed by atoms with Crippen molar-refractivity contribution in [2.75, 3.05) is 12.9 Å². The van der Waals surface area contributed by atoms with E-state index in [-0.39, 0.29) is 11.3 Å². The normalized spacial score (nSPS) is 18.0. The van der Waals surface area contributed by atoms with Crippen LogP contribution in [0.4, 0.5) is 0 Å². The van der Waals surface area contributed by atoms with Crippen molar-refractivity contribution in [3.63, 3.8) is 0 Å². The smallest absolute Gasteiger partial charge is 0.234 e. The molecule has 0 saturated carbocycles. The van der Waals surface area contributed by atoms with Crippen LogP contribution >= 0.6 is 11.8 Å². The highest BCUT2D eigenvalue weighted by molar-refractivity contribution is 8.00. The van der Waals surface area contributed by atoms with Gasteiger partial charge < -0.3 is 9.64 Å². The number of amides is 1. The first-order chi connectivity index (χ1) is 10.3. The Hall–Kier alpha value is -2.01. The van der Waals surface area contributed by atoms with Crippen LogP contribution in [0, 0.1) is 0 Å². The highest BCUT2D eigenvalue weighted by Crippen LogP contribution is 2.39. The Bertz CT molecular complexity index is 616. The first-order valence-electron chi connectivity index (χ1n) is 6.72. The van der Waals surface area contributed by atoms with Gasteiger partial charge in [-0.1, -0.05) is 18.2 Å². The van der Waals surface area contributed by atoms with Crippen molar-refractivity contribution in [2.45, 2.75) is 11.9 Å². The van der Waals surface area contributed by atoms with Gasteiger partial charge in [0.1, 0.15) is 11.1 Å². The maximum atomic E-state index is 12.1. The van der Waals surface area contributed by atoms with Crippen molar-refractivity contribution < 1.29 is 9.53 Å². The summed E-state index contributed by atoms with van der Waals surface area (Å²) in [6.07, 6.45) is 3.55. The second kappa shape index (κ2) is 6.18. The standard InChI is InChI=1S/C16H16N2O2S/c1-20-14-6-4-13(5-7-14)16-18(15(19)11-21-16)10-12-3-2-8-17-9-12/h2-9,16H,10-11H2,1H3/t16-/m1/s1. The Morgan fingerprint density at radius 1 is 1.33 bits per heavy atom. The van der Waals surface area contributed by atoms with E-state index in [0.717, 1.165) is 16.9 Å². The van der Waals surface area contributed by atoms with Crippen molar-refractivity contribution in [1.82, 2.24) is 9.88 Å². The monoisotopic (exact) mass is 300 g/mol. The fourth-order valence-electron chi connectivity index (χ4n) is 2.36. The van der Waals surface area contributed by atoms with E-state index in [4.69, 9.17) is 4.74 Å². The number of aromatic nitrogens is 1. The molecule has 0 unspecified atom stereocenters. The number of rotatable bonds is 4. The number of carbonyl (C=O) groups is 1. The maximum absolute atomic E-state index is 12.1. The van der Waals surface area contributed by atoms with E-state index in [1.54, 1.807) is 31.3 Å². The molecule has 1 aliphatic heterocycles. The zero-order valence-corrected chi connectivity index (χ0v) is 12.5. The average molecular weight is 300 g/mol. The highest BCUT2D eigenvalue weighted by atomic mass is 32.2. The summed E-state index contributed by atoms with van der Waals surface area (Å²) in [6.45, 7) is 0.594. The quantitative estimate of drug-likeness (QED) is 0.871. The second-order valence-corrected chi connectivity index (χ2v) is 5.89. The van der Waals surface area contributed by atoms with E-state index in [1.807, 2.05) is 41.3 Å². The second-order valence-electron chi connectivity index (χ2n) is 4.82. The van der Waals surface area contributed by atoms with Crippen LogP contribution in [0.15, 0.2) is 48.8 Å². The van der Waals surface area contributed by atoms with E-state index in [9.17, 15) is 4.79 Å². The molecule has 2 aromatic rings. The Balaban J connectivity index is 1.81. The number of nitrogens with zero attached hydrogens (tertiary/aromatic N) is 2. The summed E-state index contributed by atoms with van der Waals surface area (Å²) in [5.74, 6) is 1.52. The minimum absolute atomic E-state index is 0.0589. The predicted octanol–water partition coefficient (Wildman–Crippen LogP) is 2.86. The summed E-state index contributed by atoms with van der Waals surface area (Å²) < 4.78 is 5.18. The summed E-state index contributed by atoms with van der Waals surface area (Å²) in [4.78, 5) is 18.2. The number of carbonyl (C=O) groups excluding carboxylic acids is 1. The van der Waals surface area contributed by atoms with Crippen LogP contribution in [0.25, 0.3) is 0 Å². The van der Waals surface area contributed by atoms with E-state index >= 15 is 0 Å². The third-order valence-corrected chi connectivity index (χ3v) is 4.70. The molecule has 3 rings (SSSR count). The van der Waals surface area contributed by atoms with Gasteiger partial charge in [-0.25, -0.2) is 0 Å². The van der Waals surface area contributed by atoms with Crippen molar-refractivity contribution in [3.8, 4) is 5.75 Å². The average Bonchev–Trinajstić information content (AvgIpc) is 2.90. The van der Waals surface area contributed by atoms with Gasteiger partial charge in [-0.15, -0.1) is 11.8 Å². The summed E-state index contributed by atoms with van der Waals surface area (Å²) >= 11 is 1.66. The zero-order valence-electron chi connectivity index (χ0n) is 11.7. The van der Waals surface area contributed by atoms with E-state index in [1.165, 1.54) is 0 Å². The fraction of sp³-hybridized carbons (Fsp3) is 0.250. The molecule has 0 spiro atoms. The van der Waals surface area contributed by atoms with Crippen LogP contribution < -0.4 is 4.74 Å². The lowest BCUT2D eigenvalue weighted by Crippen LogP contribution is -2.27. The summed E-state index contributed by atoms with van der Waals surface area (Å²) in [5.41, 5.74) is 2.17. The molecule has 1 atom stereocenters. The van der Waals surface area contributed by atoms with Crippen LogP contribution in [0.1, 0.15) is 16.5 Å². The van der Waals surface area contributed by atoms with Crippen molar-refractivity contribution >= 4 is 17.7 Å². The van der Waals surface area contributed by atoms with Crippen LogP contribution in [-0.2, 0) is 11.3 Å². The SMILES string of the molecule is COc1ccc([C@H]2SCC(=O)N2Cc2cccnc2)cc1. The zero-order chi connectivity index (χ0) is 14.7. The van der Waals surface area contributed by atoms with Crippen LogP contribution in [0.2, 0.25) is 0 Å². The molecule has 1 aliphatic rings. The van der Waals surface area contributed by atoms with Gasteiger partial charge >= 0.3 is 0 Å². The molecule has 1 aromatic carbocycles. The lowest BCUT2D eigenvalue weighted by atomic mass is 10.2. The van der Waals surface area contributed by atoms with Gasteiger partial charge in [0, 0.05) is 18.9 Å². The molecule has 108 valence electrons. The van der Waals surface area contributed by atoms with Gasteiger partial charge in [0.15, 0.2) is 0 Å². The Morgan fingerprint density at radius 2 is 2.14 bits per heavy atom. The predicted molar refractivity (Wildman–Crippen MR) is 83.0 cm³/mol. The molecule has 21 heavy (non-hydrogen) atoms. The van der Waals surface area contributed by atoms with Crippen molar-refractivity contribution in [3.05, 3.63) is 59.9 Å². The molecule has 4 nitrogen and oxygen atoms in total. The van der Waals surface area contributed by atoms with Gasteiger partial charge in [-0.3, -0.25) is 9.78 Å². The lowest BCUT2D eigenvalue weighted by Gasteiger charge is -2.24. The van der Waals surface area contributed by atoms with Gasteiger partial charge in [0.25, 0.3) is 0 Å². The molecule has 1 aromatic heterocycles. The summed E-state index contributed by atoms with van der Waals surface area (Å²) in [5, 5.41) is 0.0589. The number of benzene rings is 1. The van der Waals surface area contributed by atoms with Crippen molar-refractivity contribution in [2.24, 2.45) is 0 Å². The molecule has 0 aliphatic carbocycles. The molecule has 2 heterocycles. The molecular weight excluding hydrogens is 284 g/mol. The van der Waals surface area contributed by atoms with Gasteiger partial charge in [0.2, 0.25) is 5.91 Å². The van der Waals surface area contributed by atoms with Crippen molar-refractivity contribution in [1.29, 1.82) is 0 Å². The van der Waals surface area contributed by atoms with Gasteiger partial charge in [-0.05, 0) is 29.3 Å². The summed E-state index contributed by atoms with van der Waals surface area (Å²) in [6, 6.07) is 11.8. The third kappa shape index (κ3) is 3.03. The minimum atomic E-state index is 0.0589. The topological polar surface area (TPSA) is 42.4 Å². The molecule has 0 radical (unpaired) electrons. The van der Waals surface area contributed by atoms with E-state index in [2.05, 4.69) is 4.98 Å². The Labute approximate surface area is 128 Å². The van der Waals surface area contributed by atoms with Crippen LogP contribution in [0.5, 0.6) is 5.75 Å². The molecule has 1 fully saturated rings. The van der Waals surface area contributed by atoms with Crippen LogP contribution in [0.3, 0.4) is 0 Å². The number of ether oxygens (including phenoxy) is 1. The van der Waals surface area contributed by atoms with E-state index < -0.39 is 0 Å². The number of hydrogen-bond acceptors (Lipinski definition) is 4. The third-order valence-electron chi connectivity index (χ3n) is 3.44. The maximum Gasteiger partial charge on any atom is 0.234 e. The first kappa shape index (κ1) is 13.9. The Morgan fingerprint density at radius 3 is 2.81 bits per heavy atom. The molecule has 0 N–H and O–H groups in total. The molecule has 1 amide bonds. The largest absolute Gasteiger partial charge is 0.497 e. The molecular formula is C16H16N2O2S. The van der Waals surface area contributed by atoms with Gasteiger partial charge in [0.05, 0.1) is 12.9 Å². The lowest BCUT2D eigenvalue weighted by molar-refractivity contribution is -0.128.